The summed E-state index contributed by atoms with van der Waals surface area (Å²) in [6.07, 6.45) is 0. The highest BCUT2D eigenvalue weighted by atomic mass is 16.5. The minimum Gasteiger partial charge on any atom is -0.452 e. The number of nitrogens with zero attached hydrogens (tertiary/aromatic N) is 1. The Kier molecular flexibility index (Phi) is 6.55. The number of esters is 1. The second kappa shape index (κ2) is 9.30. The quantitative estimate of drug-likeness (QED) is 0.587. The average molecular weight is 419 g/mol. The summed E-state index contributed by atoms with van der Waals surface area (Å²) in [6, 6.07) is 16.5. The van der Waals surface area contributed by atoms with Crippen molar-refractivity contribution in [2.75, 3.05) is 17.2 Å². The minimum atomic E-state index is -0.561. The van der Waals surface area contributed by atoms with E-state index in [4.69, 9.17) is 4.74 Å². The molecule has 0 unspecified atom stereocenters. The molecule has 0 aliphatic heterocycles. The van der Waals surface area contributed by atoms with Gasteiger partial charge in [0, 0.05) is 35.4 Å². The molecule has 1 aromatic heterocycles. The lowest BCUT2D eigenvalue weighted by Crippen LogP contribution is -2.21. The van der Waals surface area contributed by atoms with Crippen molar-refractivity contribution in [1.82, 2.24) is 4.57 Å². The number of amides is 2. The summed E-state index contributed by atoms with van der Waals surface area (Å²) < 4.78 is 7.20. The van der Waals surface area contributed by atoms with E-state index in [0.717, 1.165) is 22.6 Å². The smallest absolute Gasteiger partial charge is 0.340 e. The van der Waals surface area contributed by atoms with Crippen molar-refractivity contribution in [2.45, 2.75) is 27.7 Å². The molecule has 7 nitrogen and oxygen atoms in total. The average Bonchev–Trinajstić information content (AvgIpc) is 3.01. The van der Waals surface area contributed by atoms with Crippen molar-refractivity contribution in [3.05, 3.63) is 77.1 Å². The van der Waals surface area contributed by atoms with Crippen LogP contribution < -0.4 is 10.6 Å². The summed E-state index contributed by atoms with van der Waals surface area (Å²) in [5, 5.41) is 5.29. The highest BCUT2D eigenvalue weighted by Crippen LogP contribution is 2.22. The van der Waals surface area contributed by atoms with Crippen molar-refractivity contribution in [3.63, 3.8) is 0 Å². The van der Waals surface area contributed by atoms with Crippen molar-refractivity contribution in [2.24, 2.45) is 0 Å². The minimum absolute atomic E-state index is 0.208. The molecule has 2 amide bonds. The van der Waals surface area contributed by atoms with Gasteiger partial charge in [0.05, 0.1) is 5.56 Å². The van der Waals surface area contributed by atoms with Gasteiger partial charge in [0.15, 0.2) is 6.61 Å². The SMILES string of the molecule is CC(=O)Nc1cccc(NC(=O)COC(=O)c2cc(C)n(-c3ccc(C)cc3)c2C)c1. The van der Waals surface area contributed by atoms with Gasteiger partial charge in [-0.1, -0.05) is 23.8 Å². The largest absolute Gasteiger partial charge is 0.452 e. The number of ether oxygens (including phenoxy) is 1. The summed E-state index contributed by atoms with van der Waals surface area (Å²) in [4.78, 5) is 36.0. The molecule has 160 valence electrons. The number of aryl methyl sites for hydroxylation is 2. The van der Waals surface area contributed by atoms with E-state index < -0.39 is 18.5 Å². The summed E-state index contributed by atoms with van der Waals surface area (Å²) in [5.74, 6) is -1.24. The van der Waals surface area contributed by atoms with Crippen LogP contribution in [-0.4, -0.2) is 29.0 Å². The van der Waals surface area contributed by atoms with Crippen LogP contribution in [0.15, 0.2) is 54.6 Å². The second-order valence-corrected chi connectivity index (χ2v) is 7.34. The molecule has 0 bridgehead atoms. The molecule has 0 saturated heterocycles. The number of hydrogen-bond donors (Lipinski definition) is 2. The molecule has 0 saturated carbocycles. The van der Waals surface area contributed by atoms with E-state index in [2.05, 4.69) is 10.6 Å². The van der Waals surface area contributed by atoms with E-state index in [1.807, 2.05) is 49.6 Å². The van der Waals surface area contributed by atoms with Gasteiger partial charge in [-0.2, -0.15) is 0 Å². The van der Waals surface area contributed by atoms with Crippen molar-refractivity contribution < 1.29 is 19.1 Å². The van der Waals surface area contributed by atoms with Crippen LogP contribution in [0.1, 0.15) is 34.2 Å². The lowest BCUT2D eigenvalue weighted by molar-refractivity contribution is -0.119. The fourth-order valence-electron chi connectivity index (χ4n) is 3.34. The van der Waals surface area contributed by atoms with Gasteiger partial charge in [0.1, 0.15) is 0 Å². The zero-order valence-corrected chi connectivity index (χ0v) is 18.0. The molecule has 7 heteroatoms. The van der Waals surface area contributed by atoms with Crippen LogP contribution in [-0.2, 0) is 14.3 Å². The first kappa shape index (κ1) is 21.8. The molecule has 2 N–H and O–H groups in total. The number of anilines is 2. The summed E-state index contributed by atoms with van der Waals surface area (Å²) in [7, 11) is 0. The van der Waals surface area contributed by atoms with Gasteiger partial charge in [-0.25, -0.2) is 4.79 Å². The van der Waals surface area contributed by atoms with Crippen LogP contribution in [0, 0.1) is 20.8 Å². The van der Waals surface area contributed by atoms with Gasteiger partial charge in [0.25, 0.3) is 5.91 Å². The Labute approximate surface area is 181 Å². The molecular formula is C24H25N3O4. The number of benzene rings is 2. The van der Waals surface area contributed by atoms with Gasteiger partial charge in [0.2, 0.25) is 5.91 Å². The second-order valence-electron chi connectivity index (χ2n) is 7.34. The molecule has 0 atom stereocenters. The molecule has 2 aromatic carbocycles. The number of aromatic nitrogens is 1. The van der Waals surface area contributed by atoms with Gasteiger partial charge in [-0.3, -0.25) is 9.59 Å². The highest BCUT2D eigenvalue weighted by Gasteiger charge is 2.19. The van der Waals surface area contributed by atoms with Crippen LogP contribution in [0.4, 0.5) is 11.4 Å². The lowest BCUT2D eigenvalue weighted by Gasteiger charge is -2.11. The molecule has 0 spiro atoms. The van der Waals surface area contributed by atoms with Gasteiger partial charge in [-0.05, 0) is 57.2 Å². The fraction of sp³-hybridized carbons (Fsp3) is 0.208. The normalized spacial score (nSPS) is 10.5. The molecule has 0 aliphatic carbocycles. The van der Waals surface area contributed by atoms with Crippen LogP contribution in [0.2, 0.25) is 0 Å². The van der Waals surface area contributed by atoms with Crippen LogP contribution in [0.5, 0.6) is 0 Å². The zero-order valence-electron chi connectivity index (χ0n) is 18.0. The maximum absolute atomic E-state index is 12.6. The van der Waals surface area contributed by atoms with E-state index in [0.29, 0.717) is 16.9 Å². The Bertz CT molecular complexity index is 1130. The number of nitrogens with one attached hydrogen (secondary N) is 2. The molecule has 31 heavy (non-hydrogen) atoms. The Balaban J connectivity index is 1.65. The highest BCUT2D eigenvalue weighted by molar-refractivity contribution is 5.97. The van der Waals surface area contributed by atoms with Crippen molar-refractivity contribution in [1.29, 1.82) is 0 Å². The van der Waals surface area contributed by atoms with Gasteiger partial charge < -0.3 is 19.9 Å². The third-order valence-electron chi connectivity index (χ3n) is 4.74. The predicted octanol–water partition coefficient (Wildman–Crippen LogP) is 4.16. The van der Waals surface area contributed by atoms with Crippen LogP contribution in [0.25, 0.3) is 5.69 Å². The molecule has 0 aliphatic rings. The van der Waals surface area contributed by atoms with Crippen LogP contribution >= 0.6 is 0 Å². The fourth-order valence-corrected chi connectivity index (χ4v) is 3.34. The molecule has 0 radical (unpaired) electrons. The molecule has 1 heterocycles. The summed E-state index contributed by atoms with van der Waals surface area (Å²) in [6.45, 7) is 6.76. The third-order valence-corrected chi connectivity index (χ3v) is 4.74. The Morgan fingerprint density at radius 2 is 1.55 bits per heavy atom. The number of hydrogen-bond acceptors (Lipinski definition) is 4. The number of rotatable bonds is 6. The molecule has 0 fully saturated rings. The topological polar surface area (TPSA) is 89.4 Å². The Morgan fingerprint density at radius 1 is 0.903 bits per heavy atom. The number of carbonyl (C=O) groups is 3. The van der Waals surface area contributed by atoms with E-state index in [1.54, 1.807) is 30.3 Å². The van der Waals surface area contributed by atoms with Crippen LogP contribution in [0.3, 0.4) is 0 Å². The maximum atomic E-state index is 12.6. The Morgan fingerprint density at radius 3 is 2.19 bits per heavy atom. The summed E-state index contributed by atoms with van der Waals surface area (Å²) >= 11 is 0. The van der Waals surface area contributed by atoms with E-state index >= 15 is 0 Å². The van der Waals surface area contributed by atoms with Crippen molar-refractivity contribution >= 4 is 29.2 Å². The zero-order chi connectivity index (χ0) is 22.5. The van der Waals surface area contributed by atoms with Gasteiger partial charge in [-0.15, -0.1) is 0 Å². The first-order chi connectivity index (χ1) is 14.7. The lowest BCUT2D eigenvalue weighted by atomic mass is 10.2. The first-order valence-corrected chi connectivity index (χ1v) is 9.85. The summed E-state index contributed by atoms with van der Waals surface area (Å²) in [5.41, 5.74) is 5.22. The van der Waals surface area contributed by atoms with Crippen molar-refractivity contribution in [3.8, 4) is 5.69 Å². The maximum Gasteiger partial charge on any atom is 0.340 e. The standard InChI is InChI=1S/C24H25N3O4/c1-15-8-10-21(11-9-15)27-16(2)12-22(17(27)3)24(30)31-14-23(29)26-20-7-5-6-19(13-20)25-18(4)28/h5-13H,14H2,1-4H3,(H,25,28)(H,26,29). The molecular weight excluding hydrogens is 394 g/mol. The van der Waals surface area contributed by atoms with E-state index in [1.165, 1.54) is 6.92 Å². The van der Waals surface area contributed by atoms with E-state index in [-0.39, 0.29) is 5.91 Å². The van der Waals surface area contributed by atoms with E-state index in [9.17, 15) is 14.4 Å². The third kappa shape index (κ3) is 5.39. The number of carbonyl (C=O) groups excluding carboxylic acids is 3. The Hall–Kier alpha value is -3.87. The van der Waals surface area contributed by atoms with Gasteiger partial charge >= 0.3 is 5.97 Å². The predicted molar refractivity (Wildman–Crippen MR) is 120 cm³/mol. The molecule has 3 rings (SSSR count). The first-order valence-electron chi connectivity index (χ1n) is 9.85. The molecule has 3 aromatic rings. The monoisotopic (exact) mass is 419 g/mol.